The van der Waals surface area contributed by atoms with Crippen LogP contribution in [0.2, 0.25) is 0 Å². The van der Waals surface area contributed by atoms with Gasteiger partial charge in [-0.3, -0.25) is 4.98 Å². The van der Waals surface area contributed by atoms with Crippen molar-refractivity contribution in [2.24, 2.45) is 0 Å². The smallest absolute Gasteiger partial charge is 0.248 e. The van der Waals surface area contributed by atoms with Gasteiger partial charge in [-0.25, -0.2) is 4.68 Å². The molecular weight excluding hydrogens is 272 g/mol. The summed E-state index contributed by atoms with van der Waals surface area (Å²) in [5, 5.41) is 21.6. The van der Waals surface area contributed by atoms with Crippen LogP contribution in [0.5, 0.6) is 0 Å². The van der Waals surface area contributed by atoms with Gasteiger partial charge in [-0.2, -0.15) is 4.98 Å². The van der Waals surface area contributed by atoms with Crippen molar-refractivity contribution in [3.05, 3.63) is 42.2 Å². The molecule has 0 spiro atoms. The molecule has 8 heteroatoms. The Kier molecular flexibility index (Phi) is 3.22. The van der Waals surface area contributed by atoms with Gasteiger partial charge in [0.15, 0.2) is 0 Å². The van der Waals surface area contributed by atoms with Crippen LogP contribution in [-0.2, 0) is 12.1 Å². The fourth-order valence-electron chi connectivity index (χ4n) is 1.71. The first-order valence-electron chi connectivity index (χ1n) is 6.39. The quantitative estimate of drug-likeness (QED) is 0.763. The van der Waals surface area contributed by atoms with E-state index in [1.165, 1.54) is 4.68 Å². The highest BCUT2D eigenvalue weighted by Crippen LogP contribution is 2.16. The van der Waals surface area contributed by atoms with Crippen LogP contribution in [0.1, 0.15) is 25.4 Å². The molecule has 8 nitrogen and oxygen atoms in total. The predicted molar refractivity (Wildman–Crippen MR) is 71.9 cm³/mol. The second kappa shape index (κ2) is 5.06. The van der Waals surface area contributed by atoms with Crippen molar-refractivity contribution < 1.29 is 9.63 Å². The molecule has 0 fully saturated rings. The second-order valence-electron chi connectivity index (χ2n) is 5.09. The third kappa shape index (κ3) is 2.95. The summed E-state index contributed by atoms with van der Waals surface area (Å²) in [4.78, 5) is 8.41. The molecule has 0 atom stereocenters. The average molecular weight is 286 g/mol. The maximum atomic E-state index is 9.85. The molecule has 1 N–H and O–H groups in total. The first-order valence-corrected chi connectivity index (χ1v) is 6.39. The van der Waals surface area contributed by atoms with E-state index in [9.17, 15) is 5.11 Å². The van der Waals surface area contributed by atoms with Crippen molar-refractivity contribution in [2.45, 2.75) is 26.0 Å². The first kappa shape index (κ1) is 13.4. The fourth-order valence-corrected chi connectivity index (χ4v) is 1.71. The van der Waals surface area contributed by atoms with Gasteiger partial charge in [0.25, 0.3) is 0 Å². The number of rotatable bonds is 4. The van der Waals surface area contributed by atoms with Gasteiger partial charge < -0.3 is 9.63 Å². The zero-order valence-electron chi connectivity index (χ0n) is 11.6. The molecule has 0 aliphatic heterocycles. The van der Waals surface area contributed by atoms with Gasteiger partial charge in [-0.15, -0.1) is 5.10 Å². The molecule has 0 saturated heterocycles. The number of nitrogens with zero attached hydrogens (tertiary/aromatic N) is 6. The zero-order chi connectivity index (χ0) is 14.9. The summed E-state index contributed by atoms with van der Waals surface area (Å²) < 4.78 is 6.70. The van der Waals surface area contributed by atoms with E-state index in [2.05, 4.69) is 25.4 Å². The first-order chi connectivity index (χ1) is 10.0. The largest absolute Gasteiger partial charge is 0.384 e. The van der Waals surface area contributed by atoms with Gasteiger partial charge in [0.05, 0.1) is 6.20 Å². The Bertz CT molecular complexity index is 728. The molecule has 0 radical (unpaired) electrons. The van der Waals surface area contributed by atoms with Gasteiger partial charge in [0, 0.05) is 6.20 Å². The van der Waals surface area contributed by atoms with Crippen LogP contribution in [0.4, 0.5) is 0 Å². The topological polar surface area (TPSA) is 103 Å². The molecule has 0 unspecified atom stereocenters. The lowest BCUT2D eigenvalue weighted by Crippen LogP contribution is -2.15. The number of hydrogen-bond donors (Lipinski definition) is 1. The highest BCUT2D eigenvalue weighted by molar-refractivity contribution is 5.46. The van der Waals surface area contributed by atoms with Crippen LogP contribution in [0, 0.1) is 0 Å². The minimum absolute atomic E-state index is 0.281. The summed E-state index contributed by atoms with van der Waals surface area (Å²) in [5.41, 5.74) is 0.0851. The summed E-state index contributed by atoms with van der Waals surface area (Å²) >= 11 is 0. The van der Waals surface area contributed by atoms with Crippen molar-refractivity contribution in [3.8, 4) is 11.5 Å². The van der Waals surface area contributed by atoms with E-state index >= 15 is 0 Å². The lowest BCUT2D eigenvalue weighted by Gasteiger charge is -2.11. The van der Waals surface area contributed by atoms with Crippen LogP contribution in [-0.4, -0.2) is 35.2 Å². The standard InChI is InChI=1S/C13H14N6O2/c1-13(2,20)10-7-19(18-16-10)8-11-15-12(17-21-11)9-5-3-4-6-14-9/h3-7,20H,8H2,1-2H3. The molecule has 0 aliphatic rings. The molecule has 0 aliphatic carbocycles. The monoisotopic (exact) mass is 286 g/mol. The zero-order valence-corrected chi connectivity index (χ0v) is 11.6. The van der Waals surface area contributed by atoms with Gasteiger partial charge in [-0.1, -0.05) is 16.4 Å². The van der Waals surface area contributed by atoms with Crippen molar-refractivity contribution in [1.82, 2.24) is 30.1 Å². The summed E-state index contributed by atoms with van der Waals surface area (Å²) in [5.74, 6) is 0.816. The summed E-state index contributed by atoms with van der Waals surface area (Å²) in [6, 6.07) is 5.47. The Hall–Kier alpha value is -2.61. The number of aliphatic hydroxyl groups is 1. The van der Waals surface area contributed by atoms with Gasteiger partial charge in [0.1, 0.15) is 23.5 Å². The molecule has 0 aromatic carbocycles. The molecule has 3 heterocycles. The Balaban J connectivity index is 1.77. The Labute approximate surface area is 120 Å². The minimum Gasteiger partial charge on any atom is -0.384 e. The van der Waals surface area contributed by atoms with Gasteiger partial charge in [0.2, 0.25) is 11.7 Å². The maximum Gasteiger partial charge on any atom is 0.248 e. The Morgan fingerprint density at radius 2 is 2.19 bits per heavy atom. The van der Waals surface area contributed by atoms with Crippen LogP contribution >= 0.6 is 0 Å². The van der Waals surface area contributed by atoms with Gasteiger partial charge in [-0.05, 0) is 26.0 Å². The lowest BCUT2D eigenvalue weighted by atomic mass is 10.1. The molecule has 0 bridgehead atoms. The van der Waals surface area contributed by atoms with Crippen LogP contribution in [0.3, 0.4) is 0 Å². The Morgan fingerprint density at radius 3 is 2.86 bits per heavy atom. The van der Waals surface area contributed by atoms with Crippen molar-refractivity contribution in [2.75, 3.05) is 0 Å². The molecule has 3 rings (SSSR count). The SMILES string of the molecule is CC(C)(O)c1cn(Cc2nc(-c3ccccn3)no2)nn1. The summed E-state index contributed by atoms with van der Waals surface area (Å²) in [6.07, 6.45) is 3.31. The molecule has 21 heavy (non-hydrogen) atoms. The molecule has 108 valence electrons. The molecule has 0 saturated carbocycles. The van der Waals surface area contributed by atoms with E-state index in [0.29, 0.717) is 23.1 Å². The number of pyridine rings is 1. The van der Waals surface area contributed by atoms with Crippen LogP contribution < -0.4 is 0 Å². The highest BCUT2D eigenvalue weighted by Gasteiger charge is 2.20. The predicted octanol–water partition coefficient (Wildman–Crippen LogP) is 0.999. The normalized spacial score (nSPS) is 11.8. The molecule has 3 aromatic rings. The fraction of sp³-hybridized carbons (Fsp3) is 0.308. The van der Waals surface area contributed by atoms with E-state index < -0.39 is 5.60 Å². The third-order valence-electron chi connectivity index (χ3n) is 2.82. The Morgan fingerprint density at radius 1 is 1.33 bits per heavy atom. The highest BCUT2D eigenvalue weighted by atomic mass is 16.5. The lowest BCUT2D eigenvalue weighted by molar-refractivity contribution is 0.0737. The summed E-state index contributed by atoms with van der Waals surface area (Å²) in [6.45, 7) is 3.57. The van der Waals surface area contributed by atoms with Crippen molar-refractivity contribution in [1.29, 1.82) is 0 Å². The number of hydrogen-bond acceptors (Lipinski definition) is 7. The van der Waals surface area contributed by atoms with E-state index in [1.807, 2.05) is 12.1 Å². The maximum absolute atomic E-state index is 9.85. The number of aromatic nitrogens is 6. The molecule has 0 amide bonds. The molecule has 3 aromatic heterocycles. The third-order valence-corrected chi connectivity index (χ3v) is 2.82. The van der Waals surface area contributed by atoms with E-state index in [1.54, 1.807) is 32.3 Å². The van der Waals surface area contributed by atoms with Crippen molar-refractivity contribution in [3.63, 3.8) is 0 Å². The van der Waals surface area contributed by atoms with Gasteiger partial charge >= 0.3 is 0 Å². The van der Waals surface area contributed by atoms with Crippen LogP contribution in [0.15, 0.2) is 35.1 Å². The molecular formula is C13H14N6O2. The van der Waals surface area contributed by atoms with Crippen LogP contribution in [0.25, 0.3) is 11.5 Å². The summed E-state index contributed by atoms with van der Waals surface area (Å²) in [7, 11) is 0. The average Bonchev–Trinajstić information content (AvgIpc) is 3.09. The van der Waals surface area contributed by atoms with Crippen molar-refractivity contribution >= 4 is 0 Å². The second-order valence-corrected chi connectivity index (χ2v) is 5.09. The van der Waals surface area contributed by atoms with E-state index in [0.717, 1.165) is 0 Å². The van der Waals surface area contributed by atoms with E-state index in [-0.39, 0.29) is 6.54 Å². The van der Waals surface area contributed by atoms with E-state index in [4.69, 9.17) is 4.52 Å². The minimum atomic E-state index is -1.04.